The van der Waals surface area contributed by atoms with Crippen molar-refractivity contribution in [3.8, 4) is 5.75 Å². The van der Waals surface area contributed by atoms with Crippen molar-refractivity contribution < 1.29 is 15.0 Å². The molecule has 2 N–H and O–H groups in total. The Bertz CT molecular complexity index is 413. The summed E-state index contributed by atoms with van der Waals surface area (Å²) in [7, 11) is 0. The van der Waals surface area contributed by atoms with E-state index in [0.717, 1.165) is 5.56 Å². The fourth-order valence-electron chi connectivity index (χ4n) is 1.48. The number of hydrogen-bond acceptors (Lipinski definition) is 2. The molecule has 3 nitrogen and oxygen atoms in total. The van der Waals surface area contributed by atoms with Crippen molar-refractivity contribution in [3.63, 3.8) is 0 Å². The number of hydrogen-bond donors (Lipinski definition) is 2. The quantitative estimate of drug-likeness (QED) is 0.870. The number of rotatable bonds is 2. The number of halogens is 1. The first-order chi connectivity index (χ1) is 6.86. The third-order valence-corrected chi connectivity index (χ3v) is 3.55. The summed E-state index contributed by atoms with van der Waals surface area (Å²) in [5.74, 6) is -1.37. The second-order valence-electron chi connectivity index (χ2n) is 3.63. The van der Waals surface area contributed by atoms with E-state index in [2.05, 4.69) is 15.9 Å². The standard InChI is InChI=1S/C11H13BrO3/c1-5-4-8(7(3)11(14)15)6(2)10(13)9(5)12/h4,7,13H,1-3H3,(H,14,15). The van der Waals surface area contributed by atoms with Crippen LogP contribution in [0, 0.1) is 13.8 Å². The van der Waals surface area contributed by atoms with E-state index >= 15 is 0 Å². The van der Waals surface area contributed by atoms with Crippen molar-refractivity contribution in [2.45, 2.75) is 26.7 Å². The molecule has 0 aliphatic rings. The number of carbonyl (C=O) groups is 1. The number of aromatic hydroxyl groups is 1. The van der Waals surface area contributed by atoms with Gasteiger partial charge in [0.2, 0.25) is 0 Å². The Kier molecular flexibility index (Phi) is 3.39. The predicted octanol–water partition coefficient (Wildman–Crippen LogP) is 2.96. The molecule has 0 bridgehead atoms. The van der Waals surface area contributed by atoms with Gasteiger partial charge in [0.05, 0.1) is 10.4 Å². The van der Waals surface area contributed by atoms with Crippen LogP contribution in [0.3, 0.4) is 0 Å². The first-order valence-corrected chi connectivity index (χ1v) is 5.37. The van der Waals surface area contributed by atoms with Gasteiger partial charge in [0.15, 0.2) is 0 Å². The molecule has 0 heterocycles. The molecule has 1 aromatic rings. The molecule has 15 heavy (non-hydrogen) atoms. The molecule has 0 radical (unpaired) electrons. The zero-order valence-electron chi connectivity index (χ0n) is 8.84. The Morgan fingerprint density at radius 3 is 2.47 bits per heavy atom. The van der Waals surface area contributed by atoms with Gasteiger partial charge in [0, 0.05) is 0 Å². The lowest BCUT2D eigenvalue weighted by Gasteiger charge is -2.14. The van der Waals surface area contributed by atoms with Gasteiger partial charge in [-0.1, -0.05) is 6.07 Å². The van der Waals surface area contributed by atoms with Crippen LogP contribution in [0.15, 0.2) is 10.5 Å². The monoisotopic (exact) mass is 272 g/mol. The molecule has 0 aliphatic heterocycles. The molecule has 4 heteroatoms. The highest BCUT2D eigenvalue weighted by molar-refractivity contribution is 9.10. The highest BCUT2D eigenvalue weighted by Gasteiger charge is 2.19. The lowest BCUT2D eigenvalue weighted by molar-refractivity contribution is -0.138. The fourth-order valence-corrected chi connectivity index (χ4v) is 1.89. The number of aliphatic carboxylic acids is 1. The van der Waals surface area contributed by atoms with Gasteiger partial charge in [-0.05, 0) is 53.4 Å². The Morgan fingerprint density at radius 1 is 1.47 bits per heavy atom. The first kappa shape index (κ1) is 12.0. The Labute approximate surface area is 96.9 Å². The Balaban J connectivity index is 3.38. The lowest BCUT2D eigenvalue weighted by Crippen LogP contribution is -2.09. The van der Waals surface area contributed by atoms with Crippen molar-refractivity contribution in [1.82, 2.24) is 0 Å². The zero-order chi connectivity index (χ0) is 11.7. The van der Waals surface area contributed by atoms with Crippen molar-refractivity contribution in [1.29, 1.82) is 0 Å². The molecule has 1 unspecified atom stereocenters. The highest BCUT2D eigenvalue weighted by atomic mass is 79.9. The molecule has 1 aromatic carbocycles. The van der Waals surface area contributed by atoms with Gasteiger partial charge in [0.1, 0.15) is 5.75 Å². The van der Waals surface area contributed by atoms with Crippen molar-refractivity contribution in [2.24, 2.45) is 0 Å². The average molecular weight is 273 g/mol. The Hall–Kier alpha value is -1.03. The Morgan fingerprint density at radius 2 is 2.00 bits per heavy atom. The molecule has 0 aromatic heterocycles. The van der Waals surface area contributed by atoms with E-state index in [4.69, 9.17) is 5.11 Å². The molecule has 0 saturated heterocycles. The smallest absolute Gasteiger partial charge is 0.310 e. The third-order valence-electron chi connectivity index (χ3n) is 2.55. The maximum atomic E-state index is 10.9. The van der Waals surface area contributed by atoms with E-state index in [9.17, 15) is 9.90 Å². The summed E-state index contributed by atoms with van der Waals surface area (Å²) in [6.45, 7) is 5.15. The van der Waals surface area contributed by atoms with E-state index < -0.39 is 11.9 Å². The van der Waals surface area contributed by atoms with Crippen molar-refractivity contribution >= 4 is 21.9 Å². The fraction of sp³-hybridized carbons (Fsp3) is 0.364. The number of aryl methyl sites for hydroxylation is 1. The number of carboxylic acid groups (broad SMARTS) is 1. The summed E-state index contributed by atoms with van der Waals surface area (Å²) in [6, 6.07) is 1.79. The van der Waals surface area contributed by atoms with Crippen LogP contribution < -0.4 is 0 Å². The van der Waals surface area contributed by atoms with E-state index in [0.29, 0.717) is 15.6 Å². The van der Waals surface area contributed by atoms with Gasteiger partial charge < -0.3 is 10.2 Å². The molecule has 0 fully saturated rings. The van der Waals surface area contributed by atoms with Crippen molar-refractivity contribution in [2.75, 3.05) is 0 Å². The average Bonchev–Trinajstić information content (AvgIpc) is 2.19. The normalized spacial score (nSPS) is 12.5. The summed E-state index contributed by atoms with van der Waals surface area (Å²) in [5, 5.41) is 18.7. The summed E-state index contributed by atoms with van der Waals surface area (Å²) in [5.41, 5.74) is 2.10. The molecular formula is C11H13BrO3. The minimum atomic E-state index is -0.890. The maximum absolute atomic E-state index is 10.9. The van der Waals surface area contributed by atoms with Gasteiger partial charge >= 0.3 is 5.97 Å². The van der Waals surface area contributed by atoms with Crippen LogP contribution in [-0.2, 0) is 4.79 Å². The second kappa shape index (κ2) is 4.23. The molecule has 1 rings (SSSR count). The maximum Gasteiger partial charge on any atom is 0.310 e. The van der Waals surface area contributed by atoms with Crippen LogP contribution in [-0.4, -0.2) is 16.2 Å². The first-order valence-electron chi connectivity index (χ1n) is 4.57. The molecule has 0 aliphatic carbocycles. The van der Waals surface area contributed by atoms with Crippen LogP contribution in [0.4, 0.5) is 0 Å². The van der Waals surface area contributed by atoms with E-state index in [1.54, 1.807) is 19.9 Å². The summed E-state index contributed by atoms with van der Waals surface area (Å²) >= 11 is 3.25. The number of carboxylic acids is 1. The minimum Gasteiger partial charge on any atom is -0.506 e. The molecular weight excluding hydrogens is 260 g/mol. The van der Waals surface area contributed by atoms with Gasteiger partial charge in [0.25, 0.3) is 0 Å². The zero-order valence-corrected chi connectivity index (χ0v) is 10.4. The number of benzene rings is 1. The number of phenols is 1. The topological polar surface area (TPSA) is 57.5 Å². The summed E-state index contributed by atoms with van der Waals surface area (Å²) < 4.78 is 0.626. The molecule has 0 spiro atoms. The molecule has 82 valence electrons. The molecule has 1 atom stereocenters. The van der Waals surface area contributed by atoms with E-state index in [1.807, 2.05) is 6.92 Å². The lowest BCUT2D eigenvalue weighted by atomic mass is 9.94. The number of phenolic OH excluding ortho intramolecular Hbond substituents is 1. The van der Waals surface area contributed by atoms with E-state index in [1.165, 1.54) is 0 Å². The largest absolute Gasteiger partial charge is 0.506 e. The summed E-state index contributed by atoms with van der Waals surface area (Å²) in [6.07, 6.45) is 0. The van der Waals surface area contributed by atoms with Crippen LogP contribution in [0.5, 0.6) is 5.75 Å². The van der Waals surface area contributed by atoms with Crippen molar-refractivity contribution in [3.05, 3.63) is 27.2 Å². The molecule has 0 amide bonds. The molecule has 0 saturated carbocycles. The summed E-state index contributed by atoms with van der Waals surface area (Å²) in [4.78, 5) is 10.9. The van der Waals surface area contributed by atoms with Gasteiger partial charge in [-0.25, -0.2) is 0 Å². The third kappa shape index (κ3) is 2.15. The SMILES string of the molecule is Cc1cc(C(C)C(=O)O)c(C)c(O)c1Br. The minimum absolute atomic E-state index is 0.123. The van der Waals surface area contributed by atoms with E-state index in [-0.39, 0.29) is 5.75 Å². The second-order valence-corrected chi connectivity index (χ2v) is 4.42. The van der Waals surface area contributed by atoms with Crippen LogP contribution >= 0.6 is 15.9 Å². The van der Waals surface area contributed by atoms with Crippen LogP contribution in [0.1, 0.15) is 29.5 Å². The highest BCUT2D eigenvalue weighted by Crippen LogP contribution is 2.36. The van der Waals surface area contributed by atoms with Crippen LogP contribution in [0.25, 0.3) is 0 Å². The predicted molar refractivity (Wildman–Crippen MR) is 61.3 cm³/mol. The van der Waals surface area contributed by atoms with Crippen LogP contribution in [0.2, 0.25) is 0 Å². The van der Waals surface area contributed by atoms with Gasteiger partial charge in [-0.3, -0.25) is 4.79 Å². The van der Waals surface area contributed by atoms with Gasteiger partial charge in [-0.15, -0.1) is 0 Å². The van der Waals surface area contributed by atoms with Gasteiger partial charge in [-0.2, -0.15) is 0 Å².